The first-order chi connectivity index (χ1) is 21.0. The van der Waals surface area contributed by atoms with Crippen LogP contribution < -0.4 is 10.6 Å². The number of nitrogens with one attached hydrogen (secondary N) is 4. The van der Waals surface area contributed by atoms with Crippen LogP contribution in [0.4, 0.5) is 0 Å². The Morgan fingerprint density at radius 1 is 0.644 bits per heavy atom. The van der Waals surface area contributed by atoms with Crippen molar-refractivity contribution in [3.63, 3.8) is 0 Å². The molecule has 0 aliphatic heterocycles. The third kappa shape index (κ3) is 7.91. The van der Waals surface area contributed by atoms with E-state index in [0.717, 1.165) is 50.9 Å². The molecule has 2 amide bonds. The highest BCUT2D eigenvalue weighted by Gasteiger charge is 2.29. The summed E-state index contributed by atoms with van der Waals surface area (Å²) >= 11 is 0. The Kier molecular flexibility index (Phi) is 9.76. The molecule has 0 aliphatic carbocycles. The Hall–Kier alpha value is -4.20. The molecule has 2 aromatic carbocycles. The summed E-state index contributed by atoms with van der Waals surface area (Å²) in [6.45, 7) is 21.9. The molecule has 45 heavy (non-hydrogen) atoms. The second-order valence-electron chi connectivity index (χ2n) is 14.8. The predicted octanol–water partition coefficient (Wildman–Crippen LogP) is 8.16. The Morgan fingerprint density at radius 2 is 1.07 bits per heavy atom. The molecule has 0 saturated carbocycles. The van der Waals surface area contributed by atoms with E-state index in [0.29, 0.717) is 0 Å². The van der Waals surface area contributed by atoms with Gasteiger partial charge in [-0.25, -0.2) is 9.97 Å². The van der Waals surface area contributed by atoms with Crippen molar-refractivity contribution in [1.29, 1.82) is 0 Å². The van der Waals surface area contributed by atoms with E-state index in [1.54, 1.807) is 0 Å². The Morgan fingerprint density at radius 3 is 1.51 bits per heavy atom. The number of amides is 2. The van der Waals surface area contributed by atoms with Gasteiger partial charge in [0.25, 0.3) is 0 Å². The number of benzene rings is 2. The lowest BCUT2D eigenvalue weighted by Gasteiger charge is -2.25. The molecular weight excluding hydrogens is 560 g/mol. The molecule has 0 fully saturated rings. The van der Waals surface area contributed by atoms with E-state index in [4.69, 9.17) is 9.97 Å². The van der Waals surface area contributed by atoms with E-state index in [2.05, 4.69) is 97.7 Å². The average molecular weight is 611 g/mol. The fourth-order valence-corrected chi connectivity index (χ4v) is 5.06. The molecule has 2 heterocycles. The number of imidazole rings is 2. The maximum absolute atomic E-state index is 12.7. The summed E-state index contributed by atoms with van der Waals surface area (Å²) in [4.78, 5) is 41.7. The molecule has 0 aliphatic rings. The number of aromatic nitrogens is 4. The van der Waals surface area contributed by atoms with Gasteiger partial charge in [0.1, 0.15) is 11.6 Å². The molecule has 2 aromatic heterocycles. The lowest BCUT2D eigenvalue weighted by Crippen LogP contribution is -2.39. The summed E-state index contributed by atoms with van der Waals surface area (Å²) < 4.78 is 0. The van der Waals surface area contributed by atoms with Crippen LogP contribution in [0.15, 0.2) is 54.9 Å². The number of nitrogens with zero attached hydrogens (tertiary/aromatic N) is 2. The minimum Gasteiger partial charge on any atom is -0.346 e. The molecule has 2 atom stereocenters. The van der Waals surface area contributed by atoms with Crippen LogP contribution >= 0.6 is 0 Å². The van der Waals surface area contributed by atoms with Crippen LogP contribution in [0.2, 0.25) is 0 Å². The summed E-state index contributed by atoms with van der Waals surface area (Å²) in [7, 11) is 0. The van der Waals surface area contributed by atoms with Crippen molar-refractivity contribution in [3.05, 3.63) is 72.1 Å². The molecule has 0 unspecified atom stereocenters. The highest BCUT2D eigenvalue weighted by atomic mass is 16.2. The summed E-state index contributed by atoms with van der Waals surface area (Å²) in [6, 6.07) is 14.4. The molecule has 0 radical (unpaired) electrons. The topological polar surface area (TPSA) is 116 Å². The summed E-state index contributed by atoms with van der Waals surface area (Å²) in [5.74, 6) is 1.88. The van der Waals surface area contributed by atoms with E-state index in [9.17, 15) is 9.59 Å². The SMILES string of the molecule is Cc1cc(-c2ccc(-c3c[nH]c([C@@H](NC(=O)C(C)(C)C)C(C)C)n3)cc2)ccc1-c1c[nH]c([C@@H](NC(=O)C(C)(C)C)C(C)C)n1. The van der Waals surface area contributed by atoms with E-state index in [-0.39, 0.29) is 35.7 Å². The Labute approximate surface area is 268 Å². The van der Waals surface area contributed by atoms with E-state index >= 15 is 0 Å². The average Bonchev–Trinajstić information content (AvgIpc) is 3.63. The number of rotatable bonds is 9. The molecular formula is C37H50N6O2. The van der Waals surface area contributed by atoms with Crippen LogP contribution in [-0.2, 0) is 9.59 Å². The monoisotopic (exact) mass is 610 g/mol. The highest BCUT2D eigenvalue weighted by Crippen LogP contribution is 2.31. The van der Waals surface area contributed by atoms with Crippen LogP contribution in [0.3, 0.4) is 0 Å². The standard InChI is InChI=1S/C37H50N6O2/c1-21(2)30(42-34(44)36(6,7)8)32-38-19-28(40-32)25-14-12-24(13-15-25)26-16-17-27(23(5)18-26)29-20-39-33(41-29)31(22(3)4)43-35(45)37(9,10)11/h12-22,30-31H,1-11H3,(H,38,40)(H,39,41)(H,42,44)(H,43,45)/t30-,31-/m0/s1. The number of carbonyl (C=O) groups excluding carboxylic acids is 2. The number of hydrogen-bond acceptors (Lipinski definition) is 4. The summed E-state index contributed by atoms with van der Waals surface area (Å²) in [6.07, 6.45) is 3.82. The van der Waals surface area contributed by atoms with Crippen LogP contribution in [-0.4, -0.2) is 31.8 Å². The molecule has 240 valence electrons. The molecule has 4 aromatic rings. The molecule has 8 nitrogen and oxygen atoms in total. The largest absolute Gasteiger partial charge is 0.346 e. The number of H-pyrrole nitrogens is 2. The van der Waals surface area contributed by atoms with Gasteiger partial charge >= 0.3 is 0 Å². The van der Waals surface area contributed by atoms with Crippen molar-refractivity contribution in [2.75, 3.05) is 0 Å². The van der Waals surface area contributed by atoms with Gasteiger partial charge in [0.05, 0.1) is 23.5 Å². The van der Waals surface area contributed by atoms with Crippen molar-refractivity contribution in [3.8, 4) is 33.6 Å². The smallest absolute Gasteiger partial charge is 0.225 e. The quantitative estimate of drug-likeness (QED) is 0.153. The lowest BCUT2D eigenvalue weighted by atomic mass is 9.93. The zero-order valence-electron chi connectivity index (χ0n) is 28.7. The summed E-state index contributed by atoms with van der Waals surface area (Å²) in [5.41, 5.74) is 6.13. The van der Waals surface area contributed by atoms with Gasteiger partial charge in [-0.15, -0.1) is 0 Å². The van der Waals surface area contributed by atoms with Gasteiger partial charge in [0.2, 0.25) is 11.8 Å². The number of aromatic amines is 2. The highest BCUT2D eigenvalue weighted by molar-refractivity contribution is 5.82. The molecule has 0 saturated heterocycles. The zero-order valence-corrected chi connectivity index (χ0v) is 28.7. The van der Waals surface area contributed by atoms with Gasteiger partial charge in [-0.05, 0) is 35.4 Å². The lowest BCUT2D eigenvalue weighted by molar-refractivity contribution is -0.130. The zero-order chi connectivity index (χ0) is 33.3. The molecule has 4 N–H and O–H groups in total. The minimum absolute atomic E-state index is 0.00175. The van der Waals surface area contributed by atoms with E-state index in [1.165, 1.54) is 0 Å². The fraction of sp³-hybridized carbons (Fsp3) is 0.459. The van der Waals surface area contributed by atoms with Crippen LogP contribution in [0.1, 0.15) is 98.5 Å². The van der Waals surface area contributed by atoms with Crippen molar-refractivity contribution in [1.82, 2.24) is 30.6 Å². The van der Waals surface area contributed by atoms with Gasteiger partial charge in [0.15, 0.2) is 0 Å². The van der Waals surface area contributed by atoms with Gasteiger partial charge in [-0.2, -0.15) is 0 Å². The van der Waals surface area contributed by atoms with Gasteiger partial charge in [-0.3, -0.25) is 9.59 Å². The van der Waals surface area contributed by atoms with Crippen molar-refractivity contribution in [2.24, 2.45) is 22.7 Å². The van der Waals surface area contributed by atoms with Crippen molar-refractivity contribution < 1.29 is 9.59 Å². The number of hydrogen-bond donors (Lipinski definition) is 4. The van der Waals surface area contributed by atoms with Gasteiger partial charge < -0.3 is 20.6 Å². The van der Waals surface area contributed by atoms with Crippen molar-refractivity contribution in [2.45, 2.75) is 88.2 Å². The first-order valence-corrected chi connectivity index (χ1v) is 15.9. The van der Waals surface area contributed by atoms with Crippen LogP contribution in [0.25, 0.3) is 33.6 Å². The van der Waals surface area contributed by atoms with E-state index in [1.807, 2.05) is 53.9 Å². The van der Waals surface area contributed by atoms with Crippen LogP contribution in [0.5, 0.6) is 0 Å². The maximum Gasteiger partial charge on any atom is 0.225 e. The molecule has 0 spiro atoms. The third-order valence-electron chi connectivity index (χ3n) is 8.07. The minimum atomic E-state index is -0.476. The van der Waals surface area contributed by atoms with Gasteiger partial charge in [-0.1, -0.05) is 112 Å². The normalized spacial score (nSPS) is 13.6. The number of carbonyl (C=O) groups is 2. The summed E-state index contributed by atoms with van der Waals surface area (Å²) in [5, 5.41) is 6.33. The Balaban J connectivity index is 1.51. The second kappa shape index (κ2) is 13.0. The number of aryl methyl sites for hydroxylation is 1. The second-order valence-corrected chi connectivity index (χ2v) is 14.8. The fourth-order valence-electron chi connectivity index (χ4n) is 5.06. The van der Waals surface area contributed by atoms with Crippen molar-refractivity contribution >= 4 is 11.8 Å². The molecule has 8 heteroatoms. The van der Waals surface area contributed by atoms with Crippen LogP contribution in [0, 0.1) is 29.6 Å². The molecule has 4 rings (SSSR count). The molecule has 0 bridgehead atoms. The Bertz CT molecular complexity index is 1630. The predicted molar refractivity (Wildman–Crippen MR) is 182 cm³/mol. The maximum atomic E-state index is 12.7. The first-order valence-electron chi connectivity index (χ1n) is 15.9. The third-order valence-corrected chi connectivity index (χ3v) is 8.07. The first kappa shape index (κ1) is 33.7. The van der Waals surface area contributed by atoms with E-state index < -0.39 is 10.8 Å². The van der Waals surface area contributed by atoms with Gasteiger partial charge in [0, 0.05) is 34.4 Å².